The van der Waals surface area contributed by atoms with Crippen molar-refractivity contribution in [1.82, 2.24) is 15.3 Å². The monoisotopic (exact) mass is 381 g/mol. The lowest BCUT2D eigenvalue weighted by Crippen LogP contribution is -2.25. The van der Waals surface area contributed by atoms with Gasteiger partial charge in [0.25, 0.3) is 0 Å². The van der Waals surface area contributed by atoms with Crippen LogP contribution in [0.15, 0.2) is 54.9 Å². The largest absolute Gasteiger partial charge is 0.494 e. The number of aromatic nitrogens is 2. The van der Waals surface area contributed by atoms with Crippen LogP contribution in [0.2, 0.25) is 0 Å². The first-order valence-corrected chi connectivity index (χ1v) is 9.85. The van der Waals surface area contributed by atoms with E-state index in [9.17, 15) is 4.79 Å². The summed E-state index contributed by atoms with van der Waals surface area (Å²) in [4.78, 5) is 21.8. The molecule has 0 aliphatic rings. The third-order valence-corrected chi connectivity index (χ3v) is 5.32. The van der Waals surface area contributed by atoms with Crippen LogP contribution in [0.1, 0.15) is 23.4 Å². The summed E-state index contributed by atoms with van der Waals surface area (Å²) < 4.78 is 5.60. The van der Waals surface area contributed by atoms with E-state index in [1.54, 1.807) is 23.7 Å². The third-order valence-electron chi connectivity index (χ3n) is 4.05. The maximum absolute atomic E-state index is 12.0. The number of hydrogen-bond donors (Lipinski definition) is 1. The topological polar surface area (TPSA) is 64.1 Å². The molecule has 5 nitrogen and oxygen atoms in total. The number of pyridine rings is 1. The summed E-state index contributed by atoms with van der Waals surface area (Å²) >= 11 is 1.67. The van der Waals surface area contributed by atoms with Gasteiger partial charge >= 0.3 is 0 Å². The lowest BCUT2D eigenvalue weighted by Gasteiger charge is -2.06. The van der Waals surface area contributed by atoms with Gasteiger partial charge in [-0.15, -0.1) is 11.3 Å². The predicted octanol–water partition coefficient (Wildman–Crippen LogP) is 4.03. The Hall–Kier alpha value is -2.73. The van der Waals surface area contributed by atoms with Gasteiger partial charge in [-0.05, 0) is 37.6 Å². The Kier molecular flexibility index (Phi) is 6.93. The molecular weight excluding hydrogens is 358 g/mol. The summed E-state index contributed by atoms with van der Waals surface area (Å²) in [5.74, 6) is 0.895. The third kappa shape index (κ3) is 5.89. The fourth-order valence-corrected chi connectivity index (χ4v) is 3.69. The molecule has 0 unspecified atom stereocenters. The van der Waals surface area contributed by atoms with E-state index < -0.39 is 0 Å². The molecule has 3 rings (SSSR count). The minimum Gasteiger partial charge on any atom is -0.494 e. The van der Waals surface area contributed by atoms with E-state index in [4.69, 9.17) is 4.74 Å². The van der Waals surface area contributed by atoms with Gasteiger partial charge in [-0.25, -0.2) is 4.98 Å². The first kappa shape index (κ1) is 19.0. The number of para-hydroxylation sites is 1. The second kappa shape index (κ2) is 9.83. The van der Waals surface area contributed by atoms with E-state index in [0.29, 0.717) is 26.0 Å². The lowest BCUT2D eigenvalue weighted by molar-refractivity contribution is -0.121. The predicted molar refractivity (Wildman–Crippen MR) is 108 cm³/mol. The number of aryl methyl sites for hydroxylation is 1. The molecule has 1 aromatic carbocycles. The lowest BCUT2D eigenvalue weighted by atomic mass is 10.2. The first-order valence-electron chi connectivity index (χ1n) is 9.03. The number of nitrogens with one attached hydrogen (secondary N) is 1. The molecule has 0 atom stereocenters. The van der Waals surface area contributed by atoms with E-state index in [-0.39, 0.29) is 5.91 Å². The fourth-order valence-electron chi connectivity index (χ4n) is 2.62. The molecule has 6 heteroatoms. The number of thiazole rings is 1. The van der Waals surface area contributed by atoms with Crippen LogP contribution < -0.4 is 10.1 Å². The van der Waals surface area contributed by atoms with E-state index >= 15 is 0 Å². The number of carbonyl (C=O) groups is 1. The van der Waals surface area contributed by atoms with Crippen LogP contribution in [-0.4, -0.2) is 29.0 Å². The number of ether oxygens (including phenoxy) is 1. The van der Waals surface area contributed by atoms with E-state index in [1.165, 1.54) is 4.88 Å². The Bertz CT molecular complexity index is 850. The van der Waals surface area contributed by atoms with Crippen molar-refractivity contribution >= 4 is 17.2 Å². The molecule has 0 aliphatic carbocycles. The van der Waals surface area contributed by atoms with Crippen molar-refractivity contribution in [2.75, 3.05) is 13.2 Å². The molecule has 1 amide bonds. The Morgan fingerprint density at radius 1 is 1.15 bits per heavy atom. The average Bonchev–Trinajstić information content (AvgIpc) is 3.07. The van der Waals surface area contributed by atoms with Gasteiger partial charge in [-0.1, -0.05) is 18.2 Å². The normalized spacial score (nSPS) is 10.6. The Morgan fingerprint density at radius 3 is 2.70 bits per heavy atom. The highest BCUT2D eigenvalue weighted by Gasteiger charge is 2.10. The quantitative estimate of drug-likeness (QED) is 0.568. The van der Waals surface area contributed by atoms with Crippen molar-refractivity contribution in [2.24, 2.45) is 0 Å². The van der Waals surface area contributed by atoms with Crippen molar-refractivity contribution in [3.8, 4) is 16.3 Å². The number of rotatable bonds is 9. The minimum atomic E-state index is 0.0585. The summed E-state index contributed by atoms with van der Waals surface area (Å²) in [5.41, 5.74) is 2.10. The van der Waals surface area contributed by atoms with Crippen molar-refractivity contribution in [3.05, 3.63) is 65.4 Å². The van der Waals surface area contributed by atoms with Gasteiger partial charge in [0, 0.05) is 42.2 Å². The van der Waals surface area contributed by atoms with Crippen molar-refractivity contribution < 1.29 is 9.53 Å². The zero-order valence-corrected chi connectivity index (χ0v) is 16.2. The number of hydrogen-bond acceptors (Lipinski definition) is 5. The molecule has 0 radical (unpaired) electrons. The molecule has 0 bridgehead atoms. The second-order valence-corrected chi connectivity index (χ2v) is 7.21. The average molecular weight is 382 g/mol. The van der Waals surface area contributed by atoms with Gasteiger partial charge in [0.2, 0.25) is 5.91 Å². The van der Waals surface area contributed by atoms with Crippen molar-refractivity contribution in [2.45, 2.75) is 26.2 Å². The van der Waals surface area contributed by atoms with E-state index in [1.807, 2.05) is 49.4 Å². The van der Waals surface area contributed by atoms with Crippen LogP contribution in [0, 0.1) is 6.92 Å². The van der Waals surface area contributed by atoms with Crippen molar-refractivity contribution in [1.29, 1.82) is 0 Å². The molecule has 0 spiro atoms. The number of nitrogens with zero attached hydrogens (tertiary/aromatic N) is 2. The highest BCUT2D eigenvalue weighted by Crippen LogP contribution is 2.27. The van der Waals surface area contributed by atoms with Gasteiger partial charge in [-0.2, -0.15) is 0 Å². The second-order valence-electron chi connectivity index (χ2n) is 6.13. The number of carbonyl (C=O) groups excluding carboxylic acids is 1. The Balaban J connectivity index is 1.37. The number of benzene rings is 1. The zero-order chi connectivity index (χ0) is 18.9. The molecule has 2 aromatic heterocycles. The van der Waals surface area contributed by atoms with Crippen LogP contribution in [0.4, 0.5) is 0 Å². The molecule has 0 saturated carbocycles. The summed E-state index contributed by atoms with van der Waals surface area (Å²) in [6.07, 6.45) is 5.51. The molecule has 1 N–H and O–H groups in total. The minimum absolute atomic E-state index is 0.0585. The molecular formula is C21H23N3O2S. The van der Waals surface area contributed by atoms with Crippen LogP contribution in [0.25, 0.3) is 10.6 Å². The SMILES string of the molecule is Cc1nc(-c2ccncc2)sc1CCNC(=O)CCCOc1ccccc1. The first-order chi connectivity index (χ1) is 13.2. The summed E-state index contributed by atoms with van der Waals surface area (Å²) in [6, 6.07) is 13.6. The maximum Gasteiger partial charge on any atom is 0.220 e. The fraction of sp³-hybridized carbons (Fsp3) is 0.286. The van der Waals surface area contributed by atoms with Gasteiger partial charge in [0.15, 0.2) is 0 Å². The molecule has 0 saturated heterocycles. The van der Waals surface area contributed by atoms with Crippen molar-refractivity contribution in [3.63, 3.8) is 0 Å². The van der Waals surface area contributed by atoms with Gasteiger partial charge < -0.3 is 10.1 Å². The Labute approximate surface area is 163 Å². The summed E-state index contributed by atoms with van der Waals surface area (Å²) in [6.45, 7) is 3.18. The van der Waals surface area contributed by atoms with E-state index in [2.05, 4.69) is 15.3 Å². The van der Waals surface area contributed by atoms with Crippen LogP contribution >= 0.6 is 11.3 Å². The molecule has 2 heterocycles. The molecule has 0 fully saturated rings. The summed E-state index contributed by atoms with van der Waals surface area (Å²) in [5, 5.41) is 3.98. The Morgan fingerprint density at radius 2 is 1.93 bits per heavy atom. The van der Waals surface area contributed by atoms with Crippen LogP contribution in [0.5, 0.6) is 5.75 Å². The summed E-state index contributed by atoms with van der Waals surface area (Å²) in [7, 11) is 0. The van der Waals surface area contributed by atoms with Crippen LogP contribution in [0.3, 0.4) is 0 Å². The highest BCUT2D eigenvalue weighted by molar-refractivity contribution is 7.15. The highest BCUT2D eigenvalue weighted by atomic mass is 32.1. The standard InChI is InChI=1S/C21H23N3O2S/c1-16-19(27-21(24-16)17-9-12-22-13-10-17)11-14-23-20(25)8-5-15-26-18-6-3-2-4-7-18/h2-4,6-7,9-10,12-13H,5,8,11,14-15H2,1H3,(H,23,25). The molecule has 3 aromatic rings. The van der Waals surface area contributed by atoms with Gasteiger partial charge in [0.1, 0.15) is 10.8 Å². The smallest absolute Gasteiger partial charge is 0.220 e. The van der Waals surface area contributed by atoms with Crippen LogP contribution in [-0.2, 0) is 11.2 Å². The molecule has 0 aliphatic heterocycles. The number of amides is 1. The van der Waals surface area contributed by atoms with Gasteiger partial charge in [0.05, 0.1) is 12.3 Å². The van der Waals surface area contributed by atoms with Gasteiger partial charge in [-0.3, -0.25) is 9.78 Å². The van der Waals surface area contributed by atoms with E-state index in [0.717, 1.165) is 28.4 Å². The molecule has 27 heavy (non-hydrogen) atoms. The molecule has 140 valence electrons. The zero-order valence-electron chi connectivity index (χ0n) is 15.4. The maximum atomic E-state index is 12.0.